The highest BCUT2D eigenvalue weighted by atomic mass is 79.9. The number of anilines is 1. The molecular formula is C14H19BrClNO3. The summed E-state index contributed by atoms with van der Waals surface area (Å²) in [5, 5.41) is 2.84. The van der Waals surface area contributed by atoms with Gasteiger partial charge in [0.05, 0.1) is 19.0 Å². The SMILES string of the molecule is COc1ccc(NC(=O)[C@H](Br)CCCCCl)cc1OC. The molecular weight excluding hydrogens is 346 g/mol. The molecule has 0 saturated carbocycles. The van der Waals surface area contributed by atoms with Gasteiger partial charge in [-0.2, -0.15) is 0 Å². The molecule has 1 aromatic carbocycles. The second kappa shape index (κ2) is 9.08. The van der Waals surface area contributed by atoms with Gasteiger partial charge in [0.1, 0.15) is 0 Å². The van der Waals surface area contributed by atoms with E-state index in [4.69, 9.17) is 21.1 Å². The van der Waals surface area contributed by atoms with Gasteiger partial charge >= 0.3 is 0 Å². The van der Waals surface area contributed by atoms with Crippen LogP contribution in [-0.4, -0.2) is 30.8 Å². The molecule has 1 N–H and O–H groups in total. The Kier molecular flexibility index (Phi) is 7.77. The minimum atomic E-state index is -0.223. The molecule has 6 heteroatoms. The molecule has 0 bridgehead atoms. The van der Waals surface area contributed by atoms with Crippen LogP contribution in [0.4, 0.5) is 5.69 Å². The summed E-state index contributed by atoms with van der Waals surface area (Å²) < 4.78 is 10.3. The van der Waals surface area contributed by atoms with E-state index < -0.39 is 0 Å². The predicted octanol–water partition coefficient (Wildman–Crippen LogP) is 3.81. The van der Waals surface area contributed by atoms with Gasteiger partial charge in [0.2, 0.25) is 5.91 Å². The van der Waals surface area contributed by atoms with Crippen LogP contribution >= 0.6 is 27.5 Å². The maximum absolute atomic E-state index is 12.0. The van der Waals surface area contributed by atoms with Crippen LogP contribution in [0.2, 0.25) is 0 Å². The van der Waals surface area contributed by atoms with Gasteiger partial charge in [-0.25, -0.2) is 0 Å². The van der Waals surface area contributed by atoms with E-state index in [9.17, 15) is 4.79 Å². The molecule has 20 heavy (non-hydrogen) atoms. The molecule has 1 atom stereocenters. The smallest absolute Gasteiger partial charge is 0.238 e. The van der Waals surface area contributed by atoms with Crippen LogP contribution in [0.15, 0.2) is 18.2 Å². The van der Waals surface area contributed by atoms with Crippen LogP contribution < -0.4 is 14.8 Å². The van der Waals surface area contributed by atoms with E-state index in [0.717, 1.165) is 19.3 Å². The first kappa shape index (κ1) is 17.1. The van der Waals surface area contributed by atoms with Crippen molar-refractivity contribution in [2.75, 3.05) is 25.4 Å². The van der Waals surface area contributed by atoms with Crippen LogP contribution in [-0.2, 0) is 4.79 Å². The number of benzene rings is 1. The van der Waals surface area contributed by atoms with E-state index in [1.807, 2.05) is 0 Å². The zero-order valence-electron chi connectivity index (χ0n) is 11.6. The monoisotopic (exact) mass is 363 g/mol. The van der Waals surface area contributed by atoms with Crippen molar-refractivity contribution in [3.8, 4) is 11.5 Å². The highest BCUT2D eigenvalue weighted by Crippen LogP contribution is 2.30. The topological polar surface area (TPSA) is 47.6 Å². The van der Waals surface area contributed by atoms with Crippen LogP contribution in [0.5, 0.6) is 11.5 Å². The number of halogens is 2. The van der Waals surface area contributed by atoms with Gasteiger partial charge in [0, 0.05) is 17.6 Å². The molecule has 0 aliphatic rings. The third-order valence-electron chi connectivity index (χ3n) is 2.78. The number of methoxy groups -OCH3 is 2. The first-order chi connectivity index (χ1) is 9.62. The number of carbonyl (C=O) groups excluding carboxylic acids is 1. The van der Waals surface area contributed by atoms with E-state index >= 15 is 0 Å². The molecule has 4 nitrogen and oxygen atoms in total. The van der Waals surface area contributed by atoms with Gasteiger partial charge in [-0.15, -0.1) is 11.6 Å². The van der Waals surface area contributed by atoms with Crippen molar-refractivity contribution in [3.63, 3.8) is 0 Å². The Balaban J connectivity index is 2.61. The Bertz CT molecular complexity index is 442. The molecule has 0 aromatic heterocycles. The Morgan fingerprint density at radius 2 is 2.00 bits per heavy atom. The number of rotatable bonds is 8. The summed E-state index contributed by atoms with van der Waals surface area (Å²) in [6.07, 6.45) is 2.58. The maximum atomic E-state index is 12.0. The summed E-state index contributed by atoms with van der Waals surface area (Å²) in [6, 6.07) is 5.26. The molecule has 0 aliphatic carbocycles. The van der Waals surface area contributed by atoms with Gasteiger partial charge in [-0.05, 0) is 25.0 Å². The highest BCUT2D eigenvalue weighted by molar-refractivity contribution is 9.10. The summed E-state index contributed by atoms with van der Waals surface area (Å²) in [5.41, 5.74) is 0.675. The molecule has 0 unspecified atom stereocenters. The van der Waals surface area contributed by atoms with Crippen molar-refractivity contribution in [2.24, 2.45) is 0 Å². The van der Waals surface area contributed by atoms with Crippen molar-refractivity contribution >= 4 is 39.1 Å². The quantitative estimate of drug-likeness (QED) is 0.563. The fourth-order valence-corrected chi connectivity index (χ4v) is 2.31. The number of alkyl halides is 2. The van der Waals surface area contributed by atoms with Crippen molar-refractivity contribution in [1.29, 1.82) is 0 Å². The number of carbonyl (C=O) groups is 1. The summed E-state index contributed by atoms with van der Waals surface area (Å²) in [5.74, 6) is 1.75. The molecule has 0 saturated heterocycles. The summed E-state index contributed by atoms with van der Waals surface area (Å²) >= 11 is 9.00. The van der Waals surface area contributed by atoms with Crippen LogP contribution in [0, 0.1) is 0 Å². The lowest BCUT2D eigenvalue weighted by Crippen LogP contribution is -2.22. The van der Waals surface area contributed by atoms with Crippen LogP contribution in [0.25, 0.3) is 0 Å². The van der Waals surface area contributed by atoms with E-state index in [1.54, 1.807) is 32.4 Å². The maximum Gasteiger partial charge on any atom is 0.238 e. The van der Waals surface area contributed by atoms with Gasteiger partial charge in [-0.3, -0.25) is 4.79 Å². The number of ether oxygens (including phenoxy) is 2. The zero-order valence-corrected chi connectivity index (χ0v) is 14.0. The standard InChI is InChI=1S/C14H19BrClNO3/c1-19-12-7-6-10(9-13(12)20-2)17-14(18)11(15)5-3-4-8-16/h6-7,9,11H,3-5,8H2,1-2H3,(H,17,18)/t11-/m1/s1. The predicted molar refractivity (Wildman–Crippen MR) is 85.5 cm³/mol. The van der Waals surface area contributed by atoms with E-state index in [1.165, 1.54) is 0 Å². The molecule has 0 spiro atoms. The van der Waals surface area contributed by atoms with Crippen molar-refractivity contribution in [3.05, 3.63) is 18.2 Å². The fourth-order valence-electron chi connectivity index (χ4n) is 1.68. The second-order valence-electron chi connectivity index (χ2n) is 4.21. The molecule has 1 aromatic rings. The molecule has 1 amide bonds. The van der Waals surface area contributed by atoms with Crippen LogP contribution in [0.1, 0.15) is 19.3 Å². The number of hydrogen-bond acceptors (Lipinski definition) is 3. The van der Waals surface area contributed by atoms with Crippen molar-refractivity contribution in [2.45, 2.75) is 24.1 Å². The minimum absolute atomic E-state index is 0.0770. The molecule has 0 fully saturated rings. The first-order valence-electron chi connectivity index (χ1n) is 6.35. The van der Waals surface area contributed by atoms with Gasteiger partial charge in [0.15, 0.2) is 11.5 Å². The van der Waals surface area contributed by atoms with E-state index in [2.05, 4.69) is 21.2 Å². The summed E-state index contributed by atoms with van der Waals surface area (Å²) in [4.78, 5) is 11.8. The van der Waals surface area contributed by atoms with Crippen molar-refractivity contribution < 1.29 is 14.3 Å². The molecule has 112 valence electrons. The molecule has 1 rings (SSSR count). The number of unbranched alkanes of at least 4 members (excludes halogenated alkanes) is 1. The van der Waals surface area contributed by atoms with Gasteiger partial charge in [0.25, 0.3) is 0 Å². The molecule has 0 heterocycles. The minimum Gasteiger partial charge on any atom is -0.493 e. The van der Waals surface area contributed by atoms with E-state index in [0.29, 0.717) is 23.1 Å². The summed E-state index contributed by atoms with van der Waals surface area (Å²) in [7, 11) is 3.13. The van der Waals surface area contributed by atoms with E-state index in [-0.39, 0.29) is 10.7 Å². The summed E-state index contributed by atoms with van der Waals surface area (Å²) in [6.45, 7) is 0. The first-order valence-corrected chi connectivity index (χ1v) is 7.80. The Morgan fingerprint density at radius 3 is 2.60 bits per heavy atom. The average Bonchev–Trinajstić information content (AvgIpc) is 2.47. The molecule has 0 radical (unpaired) electrons. The Hall–Kier alpha value is -0.940. The lowest BCUT2D eigenvalue weighted by molar-refractivity contribution is -0.115. The Morgan fingerprint density at radius 1 is 1.30 bits per heavy atom. The third kappa shape index (κ3) is 5.21. The lowest BCUT2D eigenvalue weighted by atomic mass is 10.2. The van der Waals surface area contributed by atoms with Gasteiger partial charge in [-0.1, -0.05) is 22.4 Å². The van der Waals surface area contributed by atoms with Crippen LogP contribution in [0.3, 0.4) is 0 Å². The van der Waals surface area contributed by atoms with Crippen molar-refractivity contribution in [1.82, 2.24) is 0 Å². The Labute approximate surface area is 132 Å². The zero-order chi connectivity index (χ0) is 15.0. The number of nitrogens with one attached hydrogen (secondary N) is 1. The fraction of sp³-hybridized carbons (Fsp3) is 0.500. The second-order valence-corrected chi connectivity index (χ2v) is 5.69. The third-order valence-corrected chi connectivity index (χ3v) is 3.92. The van der Waals surface area contributed by atoms with Gasteiger partial charge < -0.3 is 14.8 Å². The number of amides is 1. The molecule has 0 aliphatic heterocycles. The normalized spacial score (nSPS) is 11.8. The average molecular weight is 365 g/mol. The number of hydrogen-bond donors (Lipinski definition) is 1. The highest BCUT2D eigenvalue weighted by Gasteiger charge is 2.15. The lowest BCUT2D eigenvalue weighted by Gasteiger charge is -2.13. The largest absolute Gasteiger partial charge is 0.493 e.